The summed E-state index contributed by atoms with van der Waals surface area (Å²) in [6.45, 7) is 6.40. The van der Waals surface area contributed by atoms with Crippen LogP contribution in [0.4, 0.5) is 0 Å². The second kappa shape index (κ2) is 60.6. The fourth-order valence-electron chi connectivity index (χ4n) is 8.28. The average Bonchev–Trinajstić information content (AvgIpc) is 3.39. The second-order valence-electron chi connectivity index (χ2n) is 19.9. The standard InChI is InChI=1S/C67H112O6/c1-4-7-10-13-16-19-22-25-28-31-32-33-34-37-39-42-45-48-51-54-57-60-66(69)72-63-64(73-67(70)61-58-55-52-49-46-43-40-36-30-27-24-21-18-15-12-9-6-3)62-71-65(68)59-56-53-50-47-44-41-38-35-29-26-23-20-17-14-11-8-5-2/h7,9-10,12,16,18-19,21,25,27-28,30,32-33,37,39-40,43,64H,4-6,8,11,13-15,17,20,22-24,26,29,31,34-36,38,41-42,44-63H2,1-3H3/b10-7-,12-9-,19-16-,21-18-,28-25-,30-27-,33-32-,39-37-,43-40-. The maximum absolute atomic E-state index is 12.9. The van der Waals surface area contributed by atoms with Crippen molar-refractivity contribution in [2.75, 3.05) is 13.2 Å². The summed E-state index contributed by atoms with van der Waals surface area (Å²) in [7, 11) is 0. The number of carbonyl (C=O) groups is 3. The van der Waals surface area contributed by atoms with Gasteiger partial charge < -0.3 is 14.2 Å². The number of unbranched alkanes of at least 4 members (excludes halogenated alkanes) is 25. The molecular formula is C67H112O6. The van der Waals surface area contributed by atoms with Crippen LogP contribution in [0.2, 0.25) is 0 Å². The minimum atomic E-state index is -0.801. The normalized spacial score (nSPS) is 12.9. The lowest BCUT2D eigenvalue weighted by Gasteiger charge is -2.18. The molecule has 1 atom stereocenters. The summed E-state index contributed by atoms with van der Waals surface area (Å²) in [6.07, 6.45) is 82.2. The van der Waals surface area contributed by atoms with Crippen LogP contribution in [0.3, 0.4) is 0 Å². The maximum atomic E-state index is 12.9. The Morgan fingerprint density at radius 1 is 0.288 bits per heavy atom. The molecule has 6 nitrogen and oxygen atoms in total. The molecule has 0 aromatic heterocycles. The van der Waals surface area contributed by atoms with Gasteiger partial charge in [-0.2, -0.15) is 0 Å². The van der Waals surface area contributed by atoms with E-state index in [2.05, 4.69) is 130 Å². The SMILES string of the molecule is CC/C=C\C/C=C\C/C=C\C/C=C\C/C=C\CCCCCCCC(=O)OCC(COC(=O)CCCCCCCCCCCCCCCCCCC)OC(=O)CCCCCC/C=C\C/C=C\C/C=C\C/C=C\CC. The van der Waals surface area contributed by atoms with Crippen molar-refractivity contribution in [1.82, 2.24) is 0 Å². The molecule has 0 aliphatic heterocycles. The molecule has 0 aliphatic carbocycles. The van der Waals surface area contributed by atoms with E-state index in [0.717, 1.165) is 148 Å². The van der Waals surface area contributed by atoms with Crippen molar-refractivity contribution in [2.45, 2.75) is 284 Å². The summed E-state index contributed by atoms with van der Waals surface area (Å²) < 4.78 is 16.9. The summed E-state index contributed by atoms with van der Waals surface area (Å²) >= 11 is 0. The lowest BCUT2D eigenvalue weighted by atomic mass is 10.0. The molecule has 0 saturated carbocycles. The molecule has 0 spiro atoms. The van der Waals surface area contributed by atoms with Gasteiger partial charge in [0.1, 0.15) is 13.2 Å². The molecule has 0 radical (unpaired) electrons. The molecule has 0 aromatic rings. The predicted octanol–water partition coefficient (Wildman–Crippen LogP) is 20.7. The Bertz CT molecular complexity index is 1490. The number of esters is 3. The monoisotopic (exact) mass is 1010 g/mol. The van der Waals surface area contributed by atoms with E-state index in [0.29, 0.717) is 19.3 Å². The van der Waals surface area contributed by atoms with Crippen LogP contribution in [-0.4, -0.2) is 37.2 Å². The van der Waals surface area contributed by atoms with Gasteiger partial charge in [-0.3, -0.25) is 14.4 Å². The summed E-state index contributed by atoms with van der Waals surface area (Å²) in [6, 6.07) is 0. The largest absolute Gasteiger partial charge is 0.462 e. The highest BCUT2D eigenvalue weighted by Crippen LogP contribution is 2.16. The Morgan fingerprint density at radius 3 is 0.836 bits per heavy atom. The van der Waals surface area contributed by atoms with Crippen LogP contribution in [0.25, 0.3) is 0 Å². The van der Waals surface area contributed by atoms with Crippen molar-refractivity contribution in [3.63, 3.8) is 0 Å². The molecule has 0 heterocycles. The summed E-state index contributed by atoms with van der Waals surface area (Å²) in [4.78, 5) is 38.3. The second-order valence-corrected chi connectivity index (χ2v) is 19.9. The molecule has 1 unspecified atom stereocenters. The smallest absolute Gasteiger partial charge is 0.306 e. The van der Waals surface area contributed by atoms with E-state index in [1.165, 1.54) is 89.9 Å². The van der Waals surface area contributed by atoms with Crippen LogP contribution in [0.1, 0.15) is 278 Å². The quantitative estimate of drug-likeness (QED) is 0.0261. The third-order valence-corrected chi connectivity index (χ3v) is 12.8. The molecular weight excluding hydrogens is 901 g/mol. The topological polar surface area (TPSA) is 78.9 Å². The Kier molecular flexibility index (Phi) is 57.4. The summed E-state index contributed by atoms with van der Waals surface area (Å²) in [5, 5.41) is 0. The van der Waals surface area contributed by atoms with Crippen molar-refractivity contribution in [1.29, 1.82) is 0 Å². The van der Waals surface area contributed by atoms with Gasteiger partial charge in [-0.15, -0.1) is 0 Å². The van der Waals surface area contributed by atoms with E-state index in [4.69, 9.17) is 14.2 Å². The number of ether oxygens (including phenoxy) is 3. The number of rotatable bonds is 54. The first-order chi connectivity index (χ1) is 36.0. The number of hydrogen-bond donors (Lipinski definition) is 0. The highest BCUT2D eigenvalue weighted by atomic mass is 16.6. The summed E-state index contributed by atoms with van der Waals surface area (Å²) in [5.41, 5.74) is 0. The first kappa shape index (κ1) is 69.1. The first-order valence-corrected chi connectivity index (χ1v) is 30.4. The van der Waals surface area contributed by atoms with Crippen LogP contribution < -0.4 is 0 Å². The van der Waals surface area contributed by atoms with E-state index in [9.17, 15) is 14.4 Å². The molecule has 0 N–H and O–H groups in total. The van der Waals surface area contributed by atoms with Crippen LogP contribution >= 0.6 is 0 Å². The molecule has 0 aliphatic rings. The predicted molar refractivity (Wildman–Crippen MR) is 316 cm³/mol. The molecule has 6 heteroatoms. The van der Waals surface area contributed by atoms with Crippen molar-refractivity contribution in [3.05, 3.63) is 109 Å². The van der Waals surface area contributed by atoms with Gasteiger partial charge in [0, 0.05) is 19.3 Å². The van der Waals surface area contributed by atoms with Crippen molar-refractivity contribution in [2.24, 2.45) is 0 Å². The lowest BCUT2D eigenvalue weighted by molar-refractivity contribution is -0.167. The summed E-state index contributed by atoms with van der Waals surface area (Å²) in [5.74, 6) is -0.931. The van der Waals surface area contributed by atoms with Crippen molar-refractivity contribution in [3.8, 4) is 0 Å². The third kappa shape index (κ3) is 58.8. The number of allylic oxidation sites excluding steroid dienone is 18. The number of hydrogen-bond acceptors (Lipinski definition) is 6. The van der Waals surface area contributed by atoms with E-state index in [1.54, 1.807) is 0 Å². The van der Waals surface area contributed by atoms with Gasteiger partial charge >= 0.3 is 17.9 Å². The molecule has 73 heavy (non-hydrogen) atoms. The van der Waals surface area contributed by atoms with Gasteiger partial charge in [0.2, 0.25) is 0 Å². The Labute approximate surface area is 450 Å². The first-order valence-electron chi connectivity index (χ1n) is 30.4. The maximum Gasteiger partial charge on any atom is 0.306 e. The van der Waals surface area contributed by atoms with E-state index in [-0.39, 0.29) is 31.1 Å². The van der Waals surface area contributed by atoms with Gasteiger partial charge in [-0.1, -0.05) is 265 Å². The van der Waals surface area contributed by atoms with Gasteiger partial charge in [-0.25, -0.2) is 0 Å². The zero-order valence-electron chi connectivity index (χ0n) is 47.6. The molecule has 416 valence electrons. The average molecular weight is 1010 g/mol. The number of carbonyl (C=O) groups excluding carboxylic acids is 3. The van der Waals surface area contributed by atoms with Crippen LogP contribution in [-0.2, 0) is 28.6 Å². The van der Waals surface area contributed by atoms with E-state index < -0.39 is 6.10 Å². The molecule has 0 rings (SSSR count). The Morgan fingerprint density at radius 2 is 0.534 bits per heavy atom. The van der Waals surface area contributed by atoms with E-state index >= 15 is 0 Å². The molecule has 0 bridgehead atoms. The molecule has 0 aromatic carbocycles. The molecule has 0 saturated heterocycles. The highest BCUT2D eigenvalue weighted by molar-refractivity contribution is 5.71. The van der Waals surface area contributed by atoms with Crippen LogP contribution in [0.5, 0.6) is 0 Å². The third-order valence-electron chi connectivity index (χ3n) is 12.8. The van der Waals surface area contributed by atoms with Crippen molar-refractivity contribution >= 4 is 17.9 Å². The zero-order valence-corrected chi connectivity index (χ0v) is 47.6. The van der Waals surface area contributed by atoms with Gasteiger partial charge in [0.05, 0.1) is 0 Å². The van der Waals surface area contributed by atoms with Gasteiger partial charge in [0.25, 0.3) is 0 Å². The molecule has 0 amide bonds. The molecule has 0 fully saturated rings. The Balaban J connectivity index is 4.46. The highest BCUT2D eigenvalue weighted by Gasteiger charge is 2.19. The van der Waals surface area contributed by atoms with Crippen molar-refractivity contribution < 1.29 is 28.6 Å². The fraction of sp³-hybridized carbons (Fsp3) is 0.687. The van der Waals surface area contributed by atoms with E-state index in [1.807, 2.05) is 0 Å². The van der Waals surface area contributed by atoms with Gasteiger partial charge in [0.15, 0.2) is 6.10 Å². The lowest BCUT2D eigenvalue weighted by Crippen LogP contribution is -2.30. The Hall–Kier alpha value is -3.93. The van der Waals surface area contributed by atoms with Crippen LogP contribution in [0, 0.1) is 0 Å². The van der Waals surface area contributed by atoms with Gasteiger partial charge in [-0.05, 0) is 103 Å². The fourth-order valence-corrected chi connectivity index (χ4v) is 8.28. The minimum Gasteiger partial charge on any atom is -0.462 e. The van der Waals surface area contributed by atoms with Crippen LogP contribution in [0.15, 0.2) is 109 Å². The minimum absolute atomic E-state index is 0.0937. The zero-order chi connectivity index (χ0) is 52.9.